The molecule has 0 amide bonds. The minimum absolute atomic E-state index is 0.205. The smallest absolute Gasteiger partial charge is 0.249 e. The van der Waals surface area contributed by atoms with Gasteiger partial charge >= 0.3 is 0 Å². The van der Waals surface area contributed by atoms with Gasteiger partial charge in [-0.05, 0) is 24.3 Å². The van der Waals surface area contributed by atoms with Gasteiger partial charge in [0.2, 0.25) is 21.8 Å². The van der Waals surface area contributed by atoms with E-state index in [4.69, 9.17) is 25.5 Å². The molecule has 168 valence electrons. The van der Waals surface area contributed by atoms with Crippen molar-refractivity contribution < 1.29 is 22.3 Å². The van der Waals surface area contributed by atoms with E-state index in [0.29, 0.717) is 79.8 Å². The molecular formula is C21H21ClN4O5S. The Morgan fingerprint density at radius 2 is 1.69 bits per heavy atom. The summed E-state index contributed by atoms with van der Waals surface area (Å²) < 4.78 is 44.4. The van der Waals surface area contributed by atoms with Crippen LogP contribution in [-0.2, 0) is 16.6 Å². The SMILES string of the molecule is O=S(=O)(c1ccc2c(c1)OCCO2)N1CCN(Cc2nnc(-c3ccccc3Cl)o2)CC1. The van der Waals surface area contributed by atoms with Gasteiger partial charge in [-0.15, -0.1) is 10.2 Å². The van der Waals surface area contributed by atoms with Crippen molar-refractivity contribution in [1.82, 2.24) is 19.4 Å². The van der Waals surface area contributed by atoms with Crippen LogP contribution in [0.4, 0.5) is 0 Å². The van der Waals surface area contributed by atoms with Gasteiger partial charge < -0.3 is 13.9 Å². The van der Waals surface area contributed by atoms with Crippen molar-refractivity contribution >= 4 is 21.6 Å². The molecule has 0 saturated carbocycles. The first-order valence-electron chi connectivity index (χ1n) is 10.2. The third kappa shape index (κ3) is 4.18. The normalized spacial score (nSPS) is 17.4. The van der Waals surface area contributed by atoms with Crippen molar-refractivity contribution in [2.45, 2.75) is 11.4 Å². The van der Waals surface area contributed by atoms with E-state index >= 15 is 0 Å². The molecule has 2 aliphatic rings. The van der Waals surface area contributed by atoms with Crippen LogP contribution in [0.1, 0.15) is 5.89 Å². The predicted octanol–water partition coefficient (Wildman–Crippen LogP) is 2.67. The van der Waals surface area contributed by atoms with Crippen molar-refractivity contribution in [3.8, 4) is 23.0 Å². The predicted molar refractivity (Wildman–Crippen MR) is 116 cm³/mol. The molecule has 0 N–H and O–H groups in total. The Kier molecular flexibility index (Phi) is 5.76. The van der Waals surface area contributed by atoms with Gasteiger partial charge in [0.05, 0.1) is 22.0 Å². The van der Waals surface area contributed by atoms with Crippen LogP contribution in [-0.4, -0.2) is 67.2 Å². The number of ether oxygens (including phenoxy) is 2. The molecule has 0 spiro atoms. The molecule has 1 saturated heterocycles. The van der Waals surface area contributed by atoms with E-state index in [-0.39, 0.29) is 4.90 Å². The Morgan fingerprint density at radius 1 is 0.938 bits per heavy atom. The summed E-state index contributed by atoms with van der Waals surface area (Å²) in [7, 11) is -3.62. The Labute approximate surface area is 190 Å². The molecule has 32 heavy (non-hydrogen) atoms. The number of hydrogen-bond acceptors (Lipinski definition) is 8. The Morgan fingerprint density at radius 3 is 2.47 bits per heavy atom. The summed E-state index contributed by atoms with van der Waals surface area (Å²) in [4.78, 5) is 2.29. The van der Waals surface area contributed by atoms with Crippen molar-refractivity contribution in [3.05, 3.63) is 53.4 Å². The second-order valence-corrected chi connectivity index (χ2v) is 9.81. The first-order valence-corrected chi connectivity index (χ1v) is 12.0. The zero-order chi connectivity index (χ0) is 22.1. The Balaban J connectivity index is 1.22. The molecule has 5 rings (SSSR count). The zero-order valence-corrected chi connectivity index (χ0v) is 18.7. The van der Waals surface area contributed by atoms with Crippen LogP contribution in [0.2, 0.25) is 5.02 Å². The van der Waals surface area contributed by atoms with Crippen molar-refractivity contribution in [2.75, 3.05) is 39.4 Å². The molecular weight excluding hydrogens is 456 g/mol. The number of sulfonamides is 1. The maximum Gasteiger partial charge on any atom is 0.249 e. The minimum Gasteiger partial charge on any atom is -0.486 e. The molecule has 0 unspecified atom stereocenters. The highest BCUT2D eigenvalue weighted by molar-refractivity contribution is 7.89. The molecule has 9 nitrogen and oxygen atoms in total. The van der Waals surface area contributed by atoms with E-state index < -0.39 is 10.0 Å². The summed E-state index contributed by atoms with van der Waals surface area (Å²) >= 11 is 6.19. The van der Waals surface area contributed by atoms with Crippen LogP contribution in [0.15, 0.2) is 51.8 Å². The van der Waals surface area contributed by atoms with E-state index in [9.17, 15) is 8.42 Å². The van der Waals surface area contributed by atoms with Gasteiger partial charge in [0.15, 0.2) is 11.5 Å². The average molecular weight is 477 g/mol. The van der Waals surface area contributed by atoms with E-state index in [1.165, 1.54) is 10.4 Å². The van der Waals surface area contributed by atoms with Gasteiger partial charge in [0.1, 0.15) is 13.2 Å². The van der Waals surface area contributed by atoms with Crippen molar-refractivity contribution in [3.63, 3.8) is 0 Å². The monoisotopic (exact) mass is 476 g/mol. The maximum absolute atomic E-state index is 13.1. The van der Waals surface area contributed by atoms with Gasteiger partial charge in [-0.3, -0.25) is 4.90 Å². The van der Waals surface area contributed by atoms with Crippen LogP contribution in [0, 0.1) is 0 Å². The molecule has 0 atom stereocenters. The molecule has 3 heterocycles. The summed E-state index contributed by atoms with van der Waals surface area (Å²) in [6.07, 6.45) is 0. The molecule has 2 aromatic carbocycles. The molecule has 3 aromatic rings. The van der Waals surface area contributed by atoms with Crippen LogP contribution in [0.25, 0.3) is 11.5 Å². The summed E-state index contributed by atoms with van der Waals surface area (Å²) in [5.41, 5.74) is 0.684. The topological polar surface area (TPSA) is 98.0 Å². The number of fused-ring (bicyclic) bond motifs is 1. The van der Waals surface area contributed by atoms with E-state index in [0.717, 1.165) is 0 Å². The van der Waals surface area contributed by atoms with Gasteiger partial charge in [-0.1, -0.05) is 23.7 Å². The van der Waals surface area contributed by atoms with Gasteiger partial charge in [0, 0.05) is 32.2 Å². The molecule has 0 radical (unpaired) electrons. The van der Waals surface area contributed by atoms with Crippen molar-refractivity contribution in [1.29, 1.82) is 0 Å². The fraction of sp³-hybridized carbons (Fsp3) is 0.333. The summed E-state index contributed by atoms with van der Waals surface area (Å²) in [5.74, 6) is 1.85. The lowest BCUT2D eigenvalue weighted by molar-refractivity contribution is 0.167. The minimum atomic E-state index is -3.62. The second-order valence-electron chi connectivity index (χ2n) is 7.47. The fourth-order valence-corrected chi connectivity index (χ4v) is 5.37. The third-order valence-corrected chi connectivity index (χ3v) is 7.64. The number of rotatable bonds is 5. The molecule has 11 heteroatoms. The zero-order valence-electron chi connectivity index (χ0n) is 17.1. The number of piperazine rings is 1. The standard InChI is InChI=1S/C21H21ClN4O5S/c22-17-4-2-1-3-16(17)21-24-23-20(31-21)14-25-7-9-26(10-8-25)32(27,28)15-5-6-18-19(13-15)30-12-11-29-18/h1-6,13H,7-12,14H2. The highest BCUT2D eigenvalue weighted by atomic mass is 35.5. The molecule has 2 aliphatic heterocycles. The summed E-state index contributed by atoms with van der Waals surface area (Å²) in [6.45, 7) is 3.13. The van der Waals surface area contributed by atoms with Crippen LogP contribution in [0.5, 0.6) is 11.5 Å². The number of hydrogen-bond donors (Lipinski definition) is 0. The molecule has 1 fully saturated rings. The lowest BCUT2D eigenvalue weighted by atomic mass is 10.2. The van der Waals surface area contributed by atoms with Gasteiger partial charge in [0.25, 0.3) is 0 Å². The lowest BCUT2D eigenvalue weighted by Crippen LogP contribution is -2.48. The first kappa shape index (κ1) is 21.2. The third-order valence-electron chi connectivity index (χ3n) is 5.41. The fourth-order valence-electron chi connectivity index (χ4n) is 3.71. The number of halogens is 1. The van der Waals surface area contributed by atoms with Gasteiger partial charge in [-0.2, -0.15) is 4.31 Å². The average Bonchev–Trinajstić information content (AvgIpc) is 3.27. The summed E-state index contributed by atoms with van der Waals surface area (Å²) in [6, 6.07) is 12.0. The highest BCUT2D eigenvalue weighted by Crippen LogP contribution is 2.33. The number of benzene rings is 2. The van der Waals surface area contributed by atoms with Crippen LogP contribution < -0.4 is 9.47 Å². The summed E-state index contributed by atoms with van der Waals surface area (Å²) in [5, 5.41) is 8.74. The quantitative estimate of drug-likeness (QED) is 0.554. The van der Waals surface area contributed by atoms with Crippen LogP contribution in [0.3, 0.4) is 0 Å². The van der Waals surface area contributed by atoms with E-state index in [1.54, 1.807) is 18.2 Å². The van der Waals surface area contributed by atoms with E-state index in [2.05, 4.69) is 15.1 Å². The molecule has 1 aromatic heterocycles. The van der Waals surface area contributed by atoms with Crippen molar-refractivity contribution in [2.24, 2.45) is 0 Å². The molecule has 0 bridgehead atoms. The van der Waals surface area contributed by atoms with Crippen LogP contribution >= 0.6 is 11.6 Å². The second kappa shape index (κ2) is 8.70. The number of aromatic nitrogens is 2. The Bertz CT molecular complexity index is 1220. The maximum atomic E-state index is 13.1. The lowest BCUT2D eigenvalue weighted by Gasteiger charge is -2.33. The Hall–Kier alpha value is -2.66. The van der Waals surface area contributed by atoms with E-state index in [1.807, 2.05) is 18.2 Å². The largest absolute Gasteiger partial charge is 0.486 e. The highest BCUT2D eigenvalue weighted by Gasteiger charge is 2.30. The molecule has 0 aliphatic carbocycles. The van der Waals surface area contributed by atoms with Gasteiger partial charge in [-0.25, -0.2) is 8.42 Å². The number of nitrogens with zero attached hydrogens (tertiary/aromatic N) is 4. The first-order chi connectivity index (χ1) is 15.5.